The fourth-order valence-electron chi connectivity index (χ4n) is 4.14. The molecule has 3 rings (SSSR count). The lowest BCUT2D eigenvalue weighted by molar-refractivity contribution is 0.0208. The summed E-state index contributed by atoms with van der Waals surface area (Å²) in [5.41, 5.74) is 6.14. The van der Waals surface area contributed by atoms with Crippen molar-refractivity contribution >= 4 is 11.8 Å². The van der Waals surface area contributed by atoms with Crippen LogP contribution in [0, 0.1) is 5.92 Å². The van der Waals surface area contributed by atoms with E-state index in [2.05, 4.69) is 0 Å². The number of hydrogen-bond acceptors (Lipinski definition) is 3. The van der Waals surface area contributed by atoms with Gasteiger partial charge in [0.05, 0.1) is 11.7 Å². The monoisotopic (exact) mass is 319 g/mol. The Kier molecular flexibility index (Phi) is 4.43. The van der Waals surface area contributed by atoms with Crippen molar-refractivity contribution in [3.8, 4) is 0 Å². The lowest BCUT2D eigenvalue weighted by Crippen LogP contribution is -2.45. The summed E-state index contributed by atoms with van der Waals surface area (Å²) in [7, 11) is 1.75. The molecule has 126 valence electrons. The molecule has 1 aliphatic heterocycles. The number of aliphatic hydroxyl groups excluding tert-OH is 1. The van der Waals surface area contributed by atoms with E-state index in [1.165, 1.54) is 0 Å². The van der Waals surface area contributed by atoms with Gasteiger partial charge in [0.25, 0.3) is 5.91 Å². The van der Waals surface area contributed by atoms with Gasteiger partial charge in [0, 0.05) is 31.7 Å². The number of nitrogens with zero attached hydrogens (tertiary/aromatic N) is 2. The first-order valence-electron chi connectivity index (χ1n) is 8.44. The predicted octanol–water partition coefficient (Wildman–Crippen LogP) is 1.28. The molecule has 1 aromatic heterocycles. The highest BCUT2D eigenvalue weighted by Crippen LogP contribution is 2.35. The molecule has 3 atom stereocenters. The number of likely N-dealkylation sites (tertiary alicyclic amines) is 1. The lowest BCUT2D eigenvalue weighted by Gasteiger charge is -2.37. The Bertz CT molecular complexity index is 610. The highest BCUT2D eigenvalue weighted by molar-refractivity contribution is 5.99. The van der Waals surface area contributed by atoms with Gasteiger partial charge in [-0.05, 0) is 31.7 Å². The molecule has 0 spiro atoms. The number of carbonyl (C=O) groups excluding carboxylic acids is 2. The first kappa shape index (κ1) is 16.1. The second-order valence-corrected chi connectivity index (χ2v) is 6.81. The zero-order valence-electron chi connectivity index (χ0n) is 13.6. The average molecular weight is 319 g/mol. The van der Waals surface area contributed by atoms with E-state index in [-0.39, 0.29) is 24.0 Å². The van der Waals surface area contributed by atoms with E-state index in [0.29, 0.717) is 17.8 Å². The van der Waals surface area contributed by atoms with Crippen molar-refractivity contribution in [2.45, 2.75) is 50.7 Å². The molecule has 6 heteroatoms. The number of rotatable bonds is 3. The minimum atomic E-state index is -0.527. The number of primary amides is 1. The van der Waals surface area contributed by atoms with E-state index in [1.54, 1.807) is 23.9 Å². The largest absolute Gasteiger partial charge is 0.393 e. The molecule has 1 saturated heterocycles. The van der Waals surface area contributed by atoms with Crippen LogP contribution in [-0.2, 0) is 7.05 Å². The number of nitrogens with two attached hydrogens (primary N) is 1. The summed E-state index contributed by atoms with van der Waals surface area (Å²) in [6.45, 7) is 0.712. The van der Waals surface area contributed by atoms with Gasteiger partial charge in [-0.15, -0.1) is 0 Å². The first-order valence-corrected chi connectivity index (χ1v) is 8.44. The summed E-state index contributed by atoms with van der Waals surface area (Å²) >= 11 is 0. The number of aryl methyl sites for hydroxylation is 1. The van der Waals surface area contributed by atoms with Crippen molar-refractivity contribution in [2.75, 3.05) is 6.54 Å². The summed E-state index contributed by atoms with van der Waals surface area (Å²) in [6, 6.07) is 1.67. The standard InChI is InChI=1S/C17H25N3O3/c1-19-10-11(16(18)22)9-14(19)17(23)20-8-4-6-13(20)12-5-2-3-7-15(12)21/h9-10,12-13,15,21H,2-8H2,1H3,(H2,18,22)/t12-,13-,15-/m1/s1. The zero-order valence-corrected chi connectivity index (χ0v) is 13.6. The van der Waals surface area contributed by atoms with Gasteiger partial charge in [0.2, 0.25) is 5.91 Å². The van der Waals surface area contributed by atoms with Gasteiger partial charge >= 0.3 is 0 Å². The quantitative estimate of drug-likeness (QED) is 0.879. The summed E-state index contributed by atoms with van der Waals surface area (Å²) < 4.78 is 1.66. The third-order valence-corrected chi connectivity index (χ3v) is 5.34. The number of hydrogen-bond donors (Lipinski definition) is 2. The molecule has 1 aliphatic carbocycles. The summed E-state index contributed by atoms with van der Waals surface area (Å²) in [6.07, 6.45) is 7.20. The van der Waals surface area contributed by atoms with Gasteiger partial charge in [0.15, 0.2) is 0 Å². The molecule has 2 amide bonds. The van der Waals surface area contributed by atoms with Gasteiger partial charge in [-0.2, -0.15) is 0 Å². The number of carbonyl (C=O) groups is 2. The van der Waals surface area contributed by atoms with Crippen LogP contribution in [0.2, 0.25) is 0 Å². The van der Waals surface area contributed by atoms with E-state index in [9.17, 15) is 14.7 Å². The Hall–Kier alpha value is -1.82. The van der Waals surface area contributed by atoms with Crippen molar-refractivity contribution in [3.63, 3.8) is 0 Å². The average Bonchev–Trinajstić information content (AvgIpc) is 3.14. The second-order valence-electron chi connectivity index (χ2n) is 6.81. The van der Waals surface area contributed by atoms with Gasteiger partial charge in [0.1, 0.15) is 5.69 Å². The normalized spacial score (nSPS) is 28.1. The summed E-state index contributed by atoms with van der Waals surface area (Å²) in [4.78, 5) is 26.1. The van der Waals surface area contributed by atoms with E-state index in [1.807, 2.05) is 4.90 Å². The SMILES string of the molecule is Cn1cc(C(N)=O)cc1C(=O)N1CCC[C@@H]1[C@H]1CCCC[C@H]1O. The van der Waals surface area contributed by atoms with Gasteiger partial charge in [-0.1, -0.05) is 12.8 Å². The maximum atomic E-state index is 12.9. The number of aromatic nitrogens is 1. The Morgan fingerprint density at radius 3 is 2.61 bits per heavy atom. The molecule has 6 nitrogen and oxygen atoms in total. The molecule has 2 aliphatic rings. The van der Waals surface area contributed by atoms with E-state index in [4.69, 9.17) is 5.73 Å². The molecule has 1 saturated carbocycles. The molecule has 3 N–H and O–H groups in total. The van der Waals surface area contributed by atoms with Crippen LogP contribution in [0.5, 0.6) is 0 Å². The fourth-order valence-corrected chi connectivity index (χ4v) is 4.14. The van der Waals surface area contributed by atoms with Crippen LogP contribution in [0.4, 0.5) is 0 Å². The van der Waals surface area contributed by atoms with E-state index < -0.39 is 5.91 Å². The third kappa shape index (κ3) is 3.00. The van der Waals surface area contributed by atoms with Crippen molar-refractivity contribution in [1.82, 2.24) is 9.47 Å². The van der Waals surface area contributed by atoms with Crippen LogP contribution in [0.15, 0.2) is 12.3 Å². The second kappa shape index (κ2) is 6.35. The smallest absolute Gasteiger partial charge is 0.270 e. The molecule has 2 fully saturated rings. The van der Waals surface area contributed by atoms with Crippen molar-refractivity contribution in [3.05, 3.63) is 23.5 Å². The van der Waals surface area contributed by atoms with Crippen LogP contribution in [0.3, 0.4) is 0 Å². The van der Waals surface area contributed by atoms with E-state index in [0.717, 1.165) is 38.5 Å². The van der Waals surface area contributed by atoms with Gasteiger partial charge in [-0.25, -0.2) is 0 Å². The molecular weight excluding hydrogens is 294 g/mol. The highest BCUT2D eigenvalue weighted by atomic mass is 16.3. The van der Waals surface area contributed by atoms with Crippen LogP contribution in [-0.4, -0.2) is 45.1 Å². The summed E-state index contributed by atoms with van der Waals surface area (Å²) in [5.74, 6) is -0.424. The summed E-state index contributed by atoms with van der Waals surface area (Å²) in [5, 5.41) is 10.3. The minimum absolute atomic E-state index is 0.0692. The van der Waals surface area contributed by atoms with Crippen molar-refractivity contribution < 1.29 is 14.7 Å². The maximum Gasteiger partial charge on any atom is 0.270 e. The zero-order chi connectivity index (χ0) is 16.6. The van der Waals surface area contributed by atoms with Gasteiger partial charge < -0.3 is 20.3 Å². The van der Waals surface area contributed by atoms with E-state index >= 15 is 0 Å². The molecule has 1 aromatic rings. The number of aliphatic hydroxyl groups is 1. The van der Waals surface area contributed by atoms with Crippen LogP contribution in [0.25, 0.3) is 0 Å². The number of amides is 2. The molecule has 0 bridgehead atoms. The lowest BCUT2D eigenvalue weighted by atomic mass is 9.80. The molecule has 0 radical (unpaired) electrons. The first-order chi connectivity index (χ1) is 11.0. The topological polar surface area (TPSA) is 88.6 Å². The van der Waals surface area contributed by atoms with Crippen LogP contribution < -0.4 is 5.73 Å². The molecular formula is C17H25N3O3. The molecule has 0 unspecified atom stereocenters. The van der Waals surface area contributed by atoms with Crippen LogP contribution in [0.1, 0.15) is 59.4 Å². The third-order valence-electron chi connectivity index (χ3n) is 5.34. The Morgan fingerprint density at radius 1 is 1.22 bits per heavy atom. The van der Waals surface area contributed by atoms with Crippen molar-refractivity contribution in [2.24, 2.45) is 18.7 Å². The minimum Gasteiger partial charge on any atom is -0.393 e. The van der Waals surface area contributed by atoms with Gasteiger partial charge in [-0.3, -0.25) is 9.59 Å². The molecule has 2 heterocycles. The molecule has 23 heavy (non-hydrogen) atoms. The predicted molar refractivity (Wildman–Crippen MR) is 86.0 cm³/mol. The Morgan fingerprint density at radius 2 is 1.96 bits per heavy atom. The van der Waals surface area contributed by atoms with Crippen LogP contribution >= 0.6 is 0 Å². The highest BCUT2D eigenvalue weighted by Gasteiger charge is 2.39. The maximum absolute atomic E-state index is 12.9. The van der Waals surface area contributed by atoms with Crippen molar-refractivity contribution in [1.29, 1.82) is 0 Å². The fraction of sp³-hybridized carbons (Fsp3) is 0.647. The molecule has 0 aromatic carbocycles. The Labute approximate surface area is 136 Å². The Balaban J connectivity index is 1.82.